The molecule has 0 spiro atoms. The Labute approximate surface area is 110 Å². The Balaban J connectivity index is 2.24. The Hall–Kier alpha value is -1.40. The molecule has 1 aliphatic heterocycles. The number of imide groups is 1. The summed E-state index contributed by atoms with van der Waals surface area (Å²) < 4.78 is 0. The molecule has 0 saturated carbocycles. The SMILES string of the molecule is CCC(N)CN1C(=O)NC(C)(c2cccs2)C1=O. The molecule has 3 N–H and O–H groups in total. The molecular weight excluding hydrogens is 250 g/mol. The molecule has 18 heavy (non-hydrogen) atoms. The molecule has 3 amide bonds. The van der Waals surface area contributed by atoms with E-state index in [1.165, 1.54) is 16.2 Å². The fourth-order valence-electron chi connectivity index (χ4n) is 1.96. The number of nitrogens with two attached hydrogens (primary N) is 1. The summed E-state index contributed by atoms with van der Waals surface area (Å²) in [6.45, 7) is 3.93. The number of nitrogens with zero attached hydrogens (tertiary/aromatic N) is 1. The van der Waals surface area contributed by atoms with Crippen LogP contribution in [0.1, 0.15) is 25.1 Å². The van der Waals surface area contributed by atoms with Crippen LogP contribution in [0.4, 0.5) is 4.79 Å². The van der Waals surface area contributed by atoms with E-state index in [0.29, 0.717) is 0 Å². The zero-order valence-corrected chi connectivity index (χ0v) is 11.3. The fraction of sp³-hybridized carbons (Fsp3) is 0.500. The van der Waals surface area contributed by atoms with Gasteiger partial charge >= 0.3 is 6.03 Å². The summed E-state index contributed by atoms with van der Waals surface area (Å²) in [5.74, 6) is -0.223. The third-order valence-electron chi connectivity index (χ3n) is 3.23. The third kappa shape index (κ3) is 2.02. The highest BCUT2D eigenvalue weighted by molar-refractivity contribution is 7.10. The van der Waals surface area contributed by atoms with E-state index in [2.05, 4.69) is 5.32 Å². The molecular formula is C12H17N3O2S. The molecule has 1 aromatic heterocycles. The highest BCUT2D eigenvalue weighted by Gasteiger charge is 2.49. The van der Waals surface area contributed by atoms with Crippen molar-refractivity contribution < 1.29 is 9.59 Å². The monoisotopic (exact) mass is 267 g/mol. The molecule has 2 unspecified atom stereocenters. The van der Waals surface area contributed by atoms with Gasteiger partial charge in [0.05, 0.1) is 0 Å². The lowest BCUT2D eigenvalue weighted by Gasteiger charge is -2.21. The molecule has 0 radical (unpaired) electrons. The Morgan fingerprint density at radius 3 is 2.83 bits per heavy atom. The average molecular weight is 267 g/mol. The second-order valence-electron chi connectivity index (χ2n) is 4.62. The van der Waals surface area contributed by atoms with Crippen molar-refractivity contribution in [2.24, 2.45) is 5.73 Å². The number of hydrogen-bond acceptors (Lipinski definition) is 4. The van der Waals surface area contributed by atoms with E-state index in [1.807, 2.05) is 24.4 Å². The lowest BCUT2D eigenvalue weighted by molar-refractivity contribution is -0.131. The van der Waals surface area contributed by atoms with Crippen LogP contribution < -0.4 is 11.1 Å². The van der Waals surface area contributed by atoms with Gasteiger partial charge in [0.15, 0.2) is 5.54 Å². The number of nitrogens with one attached hydrogen (secondary N) is 1. The van der Waals surface area contributed by atoms with Crippen LogP contribution in [0, 0.1) is 0 Å². The zero-order valence-electron chi connectivity index (χ0n) is 10.5. The number of carbonyl (C=O) groups is 2. The van der Waals surface area contributed by atoms with Crippen molar-refractivity contribution in [1.82, 2.24) is 10.2 Å². The normalized spacial score (nSPS) is 25.4. The summed E-state index contributed by atoms with van der Waals surface area (Å²) in [5, 5.41) is 4.64. The standard InChI is InChI=1S/C12H17N3O2S/c1-3-8(13)7-15-10(16)12(2,14-11(15)17)9-5-4-6-18-9/h4-6,8H,3,7,13H2,1-2H3,(H,14,17). The summed E-state index contributed by atoms with van der Waals surface area (Å²) in [4.78, 5) is 26.3. The van der Waals surface area contributed by atoms with Crippen molar-refractivity contribution in [3.8, 4) is 0 Å². The van der Waals surface area contributed by atoms with Gasteiger partial charge in [0, 0.05) is 17.5 Å². The molecule has 98 valence electrons. The van der Waals surface area contributed by atoms with E-state index in [1.54, 1.807) is 6.92 Å². The van der Waals surface area contributed by atoms with E-state index in [4.69, 9.17) is 5.73 Å². The maximum absolute atomic E-state index is 12.4. The maximum atomic E-state index is 12.4. The molecule has 1 saturated heterocycles. The van der Waals surface area contributed by atoms with Gasteiger partial charge in [0.2, 0.25) is 0 Å². The van der Waals surface area contributed by atoms with Crippen molar-refractivity contribution in [3.05, 3.63) is 22.4 Å². The van der Waals surface area contributed by atoms with E-state index in [9.17, 15) is 9.59 Å². The summed E-state index contributed by atoms with van der Waals surface area (Å²) >= 11 is 1.46. The van der Waals surface area contributed by atoms with Gasteiger partial charge in [0.25, 0.3) is 5.91 Å². The minimum atomic E-state index is -0.946. The van der Waals surface area contributed by atoms with E-state index in [-0.39, 0.29) is 24.5 Å². The van der Waals surface area contributed by atoms with Crippen LogP contribution in [-0.2, 0) is 10.3 Å². The molecule has 1 aliphatic rings. The average Bonchev–Trinajstić information content (AvgIpc) is 2.93. The van der Waals surface area contributed by atoms with Gasteiger partial charge in [0.1, 0.15) is 0 Å². The lowest BCUT2D eigenvalue weighted by Crippen LogP contribution is -2.43. The van der Waals surface area contributed by atoms with Crippen LogP contribution in [0.5, 0.6) is 0 Å². The van der Waals surface area contributed by atoms with Gasteiger partial charge in [-0.05, 0) is 24.8 Å². The van der Waals surface area contributed by atoms with Crippen molar-refractivity contribution >= 4 is 23.3 Å². The number of urea groups is 1. The Bertz CT molecular complexity index is 460. The quantitative estimate of drug-likeness (QED) is 0.806. The zero-order chi connectivity index (χ0) is 13.3. The molecule has 2 rings (SSSR count). The summed E-state index contributed by atoms with van der Waals surface area (Å²) in [6.07, 6.45) is 0.729. The Morgan fingerprint density at radius 1 is 1.56 bits per heavy atom. The Morgan fingerprint density at radius 2 is 2.28 bits per heavy atom. The van der Waals surface area contributed by atoms with Gasteiger partial charge < -0.3 is 11.1 Å². The first-order chi connectivity index (χ1) is 8.49. The third-order valence-corrected chi connectivity index (χ3v) is 4.32. The van der Waals surface area contributed by atoms with Gasteiger partial charge in [-0.25, -0.2) is 4.79 Å². The lowest BCUT2D eigenvalue weighted by atomic mass is 10.0. The van der Waals surface area contributed by atoms with Crippen molar-refractivity contribution in [2.75, 3.05) is 6.54 Å². The van der Waals surface area contributed by atoms with Crippen LogP contribution >= 0.6 is 11.3 Å². The first-order valence-corrected chi connectivity index (χ1v) is 6.80. The number of rotatable bonds is 4. The molecule has 6 heteroatoms. The second kappa shape index (κ2) is 4.70. The molecule has 2 heterocycles. The molecule has 1 aromatic rings. The van der Waals surface area contributed by atoms with Gasteiger partial charge in [-0.15, -0.1) is 11.3 Å². The van der Waals surface area contributed by atoms with Crippen molar-refractivity contribution in [3.63, 3.8) is 0 Å². The van der Waals surface area contributed by atoms with Gasteiger partial charge in [-0.1, -0.05) is 13.0 Å². The van der Waals surface area contributed by atoms with E-state index >= 15 is 0 Å². The molecule has 5 nitrogen and oxygen atoms in total. The van der Waals surface area contributed by atoms with E-state index < -0.39 is 5.54 Å². The number of hydrogen-bond donors (Lipinski definition) is 2. The number of amides is 3. The smallest absolute Gasteiger partial charge is 0.325 e. The fourth-order valence-corrected chi connectivity index (χ4v) is 2.79. The highest BCUT2D eigenvalue weighted by atomic mass is 32.1. The van der Waals surface area contributed by atoms with E-state index in [0.717, 1.165) is 11.3 Å². The summed E-state index contributed by atoms with van der Waals surface area (Å²) in [7, 11) is 0. The first-order valence-electron chi connectivity index (χ1n) is 5.92. The van der Waals surface area contributed by atoms with Crippen molar-refractivity contribution in [2.45, 2.75) is 31.8 Å². The van der Waals surface area contributed by atoms with Crippen LogP contribution in [0.3, 0.4) is 0 Å². The van der Waals surface area contributed by atoms with Crippen molar-refractivity contribution in [1.29, 1.82) is 0 Å². The maximum Gasteiger partial charge on any atom is 0.325 e. The van der Waals surface area contributed by atoms with Crippen LogP contribution in [0.15, 0.2) is 17.5 Å². The summed E-state index contributed by atoms with van der Waals surface area (Å²) in [6, 6.07) is 3.18. The highest BCUT2D eigenvalue weighted by Crippen LogP contribution is 2.31. The first kappa shape index (κ1) is 13.0. The van der Waals surface area contributed by atoms with Crippen LogP contribution in [0.2, 0.25) is 0 Å². The molecule has 0 aliphatic carbocycles. The predicted molar refractivity (Wildman–Crippen MR) is 70.2 cm³/mol. The molecule has 0 bridgehead atoms. The van der Waals surface area contributed by atoms with Gasteiger partial charge in [-0.2, -0.15) is 0 Å². The van der Waals surface area contributed by atoms with Gasteiger partial charge in [-0.3, -0.25) is 9.69 Å². The topological polar surface area (TPSA) is 75.4 Å². The molecule has 1 fully saturated rings. The minimum Gasteiger partial charge on any atom is -0.326 e. The van der Waals surface area contributed by atoms with Crippen LogP contribution in [0.25, 0.3) is 0 Å². The number of carbonyl (C=O) groups excluding carboxylic acids is 2. The summed E-state index contributed by atoms with van der Waals surface area (Å²) in [5.41, 5.74) is 4.87. The Kier molecular flexibility index (Phi) is 3.41. The minimum absolute atomic E-state index is 0.176. The molecule has 2 atom stereocenters. The number of thiophene rings is 1. The predicted octanol–water partition coefficient (Wildman–Crippen LogP) is 1.25. The largest absolute Gasteiger partial charge is 0.326 e. The molecule has 0 aromatic carbocycles. The second-order valence-corrected chi connectivity index (χ2v) is 5.56. The van der Waals surface area contributed by atoms with Crippen LogP contribution in [-0.4, -0.2) is 29.4 Å².